The zero-order valence-corrected chi connectivity index (χ0v) is 15.6. The van der Waals surface area contributed by atoms with Crippen LogP contribution in [0, 0.1) is 0 Å². The van der Waals surface area contributed by atoms with Crippen LogP contribution in [0.3, 0.4) is 0 Å². The predicted octanol–water partition coefficient (Wildman–Crippen LogP) is 3.26. The lowest BCUT2D eigenvalue weighted by atomic mass is 9.97. The van der Waals surface area contributed by atoms with E-state index in [2.05, 4.69) is 10.1 Å². The number of carbonyl (C=O) groups excluding carboxylic acids is 1. The molecule has 6 nitrogen and oxygen atoms in total. The molecule has 0 bridgehead atoms. The number of rotatable bonds is 4. The molecule has 2 N–H and O–H groups in total. The summed E-state index contributed by atoms with van der Waals surface area (Å²) in [6.45, 7) is 3.21. The molecule has 2 aromatic rings. The Morgan fingerprint density at radius 3 is 2.84 bits per heavy atom. The number of nitrogens with two attached hydrogens (primary N) is 1. The van der Waals surface area contributed by atoms with E-state index in [4.69, 9.17) is 21.9 Å². The molecule has 1 fully saturated rings. The van der Waals surface area contributed by atoms with Gasteiger partial charge in [-0.1, -0.05) is 16.8 Å². The Bertz CT molecular complexity index is 703. The van der Waals surface area contributed by atoms with Crippen LogP contribution in [-0.2, 0) is 4.79 Å². The second-order valence-corrected chi connectivity index (χ2v) is 6.76. The van der Waals surface area contributed by atoms with Crippen LogP contribution in [0.4, 0.5) is 0 Å². The Balaban J connectivity index is 0.00000225. The van der Waals surface area contributed by atoms with Gasteiger partial charge < -0.3 is 15.2 Å². The summed E-state index contributed by atoms with van der Waals surface area (Å²) in [5.74, 6) is 1.29. The van der Waals surface area contributed by atoms with Crippen LogP contribution >= 0.6 is 24.0 Å². The van der Waals surface area contributed by atoms with Crippen molar-refractivity contribution in [1.82, 2.24) is 15.0 Å². The molecule has 25 heavy (non-hydrogen) atoms. The number of hydrogen-bond acceptors (Lipinski definition) is 5. The van der Waals surface area contributed by atoms with Crippen LogP contribution in [-0.4, -0.2) is 40.1 Å². The van der Waals surface area contributed by atoms with Crippen LogP contribution in [0.15, 0.2) is 28.8 Å². The van der Waals surface area contributed by atoms with Crippen molar-refractivity contribution in [2.45, 2.75) is 38.1 Å². The summed E-state index contributed by atoms with van der Waals surface area (Å²) in [6, 6.07) is 7.17. The van der Waals surface area contributed by atoms with E-state index in [1.54, 1.807) is 12.1 Å². The van der Waals surface area contributed by atoms with Gasteiger partial charge in [0.1, 0.15) is 0 Å². The number of nitrogens with zero attached hydrogens (tertiary/aromatic N) is 3. The van der Waals surface area contributed by atoms with Gasteiger partial charge in [-0.2, -0.15) is 4.98 Å². The molecule has 8 heteroatoms. The van der Waals surface area contributed by atoms with E-state index < -0.39 is 0 Å². The number of carbonyl (C=O) groups is 1. The molecule has 0 saturated carbocycles. The largest absolute Gasteiger partial charge is 0.342 e. The minimum Gasteiger partial charge on any atom is -0.342 e. The van der Waals surface area contributed by atoms with Gasteiger partial charge >= 0.3 is 0 Å². The molecule has 3 rings (SSSR count). The first kappa shape index (κ1) is 19.7. The highest BCUT2D eigenvalue weighted by Gasteiger charge is 2.28. The van der Waals surface area contributed by atoms with Gasteiger partial charge in [-0.25, -0.2) is 0 Å². The van der Waals surface area contributed by atoms with Crippen molar-refractivity contribution in [2.24, 2.45) is 5.73 Å². The number of aromatic nitrogens is 2. The fourth-order valence-electron chi connectivity index (χ4n) is 2.93. The Morgan fingerprint density at radius 2 is 2.16 bits per heavy atom. The first-order chi connectivity index (χ1) is 11.5. The minimum atomic E-state index is -0.127. The lowest BCUT2D eigenvalue weighted by Crippen LogP contribution is -2.41. The van der Waals surface area contributed by atoms with Crippen molar-refractivity contribution >= 4 is 29.9 Å². The van der Waals surface area contributed by atoms with Crippen molar-refractivity contribution in [3.05, 3.63) is 35.2 Å². The van der Waals surface area contributed by atoms with Crippen LogP contribution in [0.2, 0.25) is 5.02 Å². The van der Waals surface area contributed by atoms with E-state index in [0.717, 1.165) is 24.9 Å². The summed E-state index contributed by atoms with van der Waals surface area (Å²) in [4.78, 5) is 18.6. The average Bonchev–Trinajstić information content (AvgIpc) is 3.05. The number of halogens is 2. The minimum absolute atomic E-state index is 0. The van der Waals surface area contributed by atoms with Gasteiger partial charge in [0.05, 0.1) is 5.92 Å². The van der Waals surface area contributed by atoms with E-state index >= 15 is 0 Å². The number of likely N-dealkylation sites (tertiary alicyclic amines) is 1. The fraction of sp³-hybridized carbons (Fsp3) is 0.471. The molecule has 0 spiro atoms. The molecule has 0 radical (unpaired) electrons. The van der Waals surface area contributed by atoms with Crippen LogP contribution in [0.1, 0.15) is 38.0 Å². The molecule has 1 amide bonds. The highest BCUT2D eigenvalue weighted by molar-refractivity contribution is 6.30. The van der Waals surface area contributed by atoms with Gasteiger partial charge in [-0.3, -0.25) is 4.79 Å². The average molecular weight is 385 g/mol. The lowest BCUT2D eigenvalue weighted by molar-refractivity contribution is -0.132. The second-order valence-electron chi connectivity index (χ2n) is 6.32. The first-order valence-electron chi connectivity index (χ1n) is 8.16. The topological polar surface area (TPSA) is 85.3 Å². The normalized spacial score (nSPS) is 18.5. The van der Waals surface area contributed by atoms with Crippen molar-refractivity contribution in [1.29, 1.82) is 0 Å². The maximum atomic E-state index is 12.2. The number of amides is 1. The van der Waals surface area contributed by atoms with Gasteiger partial charge in [0.2, 0.25) is 17.6 Å². The third-order valence-corrected chi connectivity index (χ3v) is 4.42. The van der Waals surface area contributed by atoms with Crippen LogP contribution in [0.25, 0.3) is 11.4 Å². The van der Waals surface area contributed by atoms with Crippen molar-refractivity contribution in [3.8, 4) is 11.4 Å². The monoisotopic (exact) mass is 384 g/mol. The highest BCUT2D eigenvalue weighted by atomic mass is 35.5. The van der Waals surface area contributed by atoms with E-state index in [0.29, 0.717) is 29.7 Å². The van der Waals surface area contributed by atoms with E-state index in [1.165, 1.54) is 0 Å². The molecule has 1 aliphatic rings. The fourth-order valence-corrected chi connectivity index (χ4v) is 3.05. The van der Waals surface area contributed by atoms with E-state index in [1.807, 2.05) is 24.0 Å². The molecule has 0 aliphatic carbocycles. The second kappa shape index (κ2) is 8.65. The molecular formula is C17H22Cl2N4O2. The standard InChI is InChI=1S/C17H21ClN4O2.ClH/c1-11(19)9-15(23)22-8-2-3-13(10-22)17-20-16(21-24-17)12-4-6-14(18)7-5-12;/h4-7,11,13H,2-3,8-10,19H2,1H3;1H. The number of piperidine rings is 1. The Kier molecular flexibility index (Phi) is 6.81. The van der Waals surface area contributed by atoms with E-state index in [9.17, 15) is 4.79 Å². The van der Waals surface area contributed by atoms with Gasteiger partial charge in [-0.05, 0) is 44.0 Å². The zero-order chi connectivity index (χ0) is 17.1. The predicted molar refractivity (Wildman–Crippen MR) is 98.8 cm³/mol. The van der Waals surface area contributed by atoms with Crippen molar-refractivity contribution < 1.29 is 9.32 Å². The van der Waals surface area contributed by atoms with Gasteiger partial charge in [0.15, 0.2) is 0 Å². The first-order valence-corrected chi connectivity index (χ1v) is 8.53. The molecule has 1 aromatic carbocycles. The molecular weight excluding hydrogens is 363 g/mol. The quantitative estimate of drug-likeness (QED) is 0.873. The molecule has 2 unspecified atom stereocenters. The Labute approximate surface area is 158 Å². The summed E-state index contributed by atoms with van der Waals surface area (Å²) in [7, 11) is 0. The van der Waals surface area contributed by atoms with Crippen molar-refractivity contribution in [2.75, 3.05) is 13.1 Å². The molecule has 2 atom stereocenters. The summed E-state index contributed by atoms with van der Waals surface area (Å²) in [5, 5.41) is 4.72. The maximum absolute atomic E-state index is 12.2. The SMILES string of the molecule is CC(N)CC(=O)N1CCCC(c2nc(-c3ccc(Cl)cc3)no2)C1.Cl. The lowest BCUT2D eigenvalue weighted by Gasteiger charge is -2.31. The van der Waals surface area contributed by atoms with E-state index in [-0.39, 0.29) is 30.3 Å². The van der Waals surface area contributed by atoms with Crippen LogP contribution in [0.5, 0.6) is 0 Å². The number of hydrogen-bond donors (Lipinski definition) is 1. The summed E-state index contributed by atoms with van der Waals surface area (Å²) >= 11 is 5.90. The van der Waals surface area contributed by atoms with Gasteiger partial charge in [0, 0.05) is 36.1 Å². The highest BCUT2D eigenvalue weighted by Crippen LogP contribution is 2.28. The third kappa shape index (κ3) is 4.93. The number of benzene rings is 1. The van der Waals surface area contributed by atoms with Crippen molar-refractivity contribution in [3.63, 3.8) is 0 Å². The maximum Gasteiger partial charge on any atom is 0.231 e. The molecule has 1 aliphatic heterocycles. The molecule has 1 saturated heterocycles. The third-order valence-electron chi connectivity index (χ3n) is 4.16. The summed E-state index contributed by atoms with van der Waals surface area (Å²) < 4.78 is 5.44. The van der Waals surface area contributed by atoms with Gasteiger partial charge in [0.25, 0.3) is 0 Å². The molecule has 136 valence electrons. The Morgan fingerprint density at radius 1 is 1.44 bits per heavy atom. The Hall–Kier alpha value is -1.63. The van der Waals surface area contributed by atoms with Gasteiger partial charge in [-0.15, -0.1) is 12.4 Å². The van der Waals surface area contributed by atoms with Crippen LogP contribution < -0.4 is 5.73 Å². The zero-order valence-electron chi connectivity index (χ0n) is 14.0. The summed E-state index contributed by atoms with van der Waals surface area (Å²) in [5.41, 5.74) is 6.58. The molecule has 2 heterocycles. The smallest absolute Gasteiger partial charge is 0.231 e. The summed E-state index contributed by atoms with van der Waals surface area (Å²) in [6.07, 6.45) is 2.23. The molecule has 1 aromatic heterocycles.